The van der Waals surface area contributed by atoms with Crippen LogP contribution < -0.4 is 4.74 Å². The van der Waals surface area contributed by atoms with Crippen molar-refractivity contribution in [3.8, 4) is 16.9 Å². The van der Waals surface area contributed by atoms with Gasteiger partial charge in [-0.05, 0) is 140 Å². The lowest BCUT2D eigenvalue weighted by Crippen LogP contribution is -2.48. The molecule has 4 saturated carbocycles. The number of carbonyl (C=O) groups excluding carboxylic acids is 1. The summed E-state index contributed by atoms with van der Waals surface area (Å²) in [6.45, 7) is 4.23. The molecule has 0 unspecified atom stereocenters. The lowest BCUT2D eigenvalue weighted by molar-refractivity contribution is -0.00640. The molecule has 0 amide bonds. The van der Waals surface area contributed by atoms with Crippen molar-refractivity contribution in [2.24, 2.45) is 17.8 Å². The molecule has 0 aromatic heterocycles. The summed E-state index contributed by atoms with van der Waals surface area (Å²) in [5.74, 6) is 3.53. The van der Waals surface area contributed by atoms with Gasteiger partial charge in [-0.15, -0.1) is 0 Å². The summed E-state index contributed by atoms with van der Waals surface area (Å²) < 4.78 is 11.6. The van der Waals surface area contributed by atoms with Crippen molar-refractivity contribution >= 4 is 16.7 Å². The van der Waals surface area contributed by atoms with E-state index in [1.807, 2.05) is 24.3 Å². The summed E-state index contributed by atoms with van der Waals surface area (Å²) in [5, 5.41) is 2.53. The molecule has 5 aliphatic rings. The van der Waals surface area contributed by atoms with Crippen molar-refractivity contribution in [2.45, 2.75) is 63.2 Å². The van der Waals surface area contributed by atoms with E-state index in [-0.39, 0.29) is 11.4 Å². The highest BCUT2D eigenvalue weighted by Crippen LogP contribution is 2.62. The number of piperidine rings is 1. The molecular weight excluding hydrogens is 482 g/mol. The molecule has 0 atom stereocenters. The number of fused-ring (bicyclic) bond motifs is 1. The number of esters is 1. The molecule has 1 heterocycles. The first-order chi connectivity index (χ1) is 19.1. The van der Waals surface area contributed by atoms with Gasteiger partial charge in [-0.25, -0.2) is 4.79 Å². The second kappa shape index (κ2) is 10.3. The zero-order valence-electron chi connectivity index (χ0n) is 23.3. The number of benzene rings is 3. The number of ether oxygens (including phenoxy) is 2. The van der Waals surface area contributed by atoms with E-state index in [1.54, 1.807) is 0 Å². The highest BCUT2D eigenvalue weighted by Gasteiger charge is 2.52. The fourth-order valence-electron chi connectivity index (χ4n) is 8.82. The molecular formula is C35H41NO3. The molecule has 0 radical (unpaired) electrons. The van der Waals surface area contributed by atoms with Crippen LogP contribution in [-0.4, -0.2) is 44.2 Å². The maximum atomic E-state index is 11.9. The average molecular weight is 524 g/mol. The van der Waals surface area contributed by atoms with Gasteiger partial charge in [-0.1, -0.05) is 30.7 Å². The molecule has 0 spiro atoms. The molecule has 4 heteroatoms. The summed E-state index contributed by atoms with van der Waals surface area (Å²) >= 11 is 0. The molecule has 3 aromatic rings. The Morgan fingerprint density at radius 2 is 1.49 bits per heavy atom. The molecule has 8 rings (SSSR count). The Bertz CT molecular complexity index is 1320. The summed E-state index contributed by atoms with van der Waals surface area (Å²) in [4.78, 5) is 14.5. The highest BCUT2D eigenvalue weighted by atomic mass is 16.5. The Hall–Kier alpha value is -2.85. The maximum absolute atomic E-state index is 11.9. The minimum Gasteiger partial charge on any atom is -0.492 e. The van der Waals surface area contributed by atoms with Crippen LogP contribution in [0.5, 0.6) is 5.75 Å². The monoisotopic (exact) mass is 523 g/mol. The molecule has 0 N–H and O–H groups in total. The number of methoxy groups -OCH3 is 1. The van der Waals surface area contributed by atoms with Crippen LogP contribution in [0, 0.1) is 17.8 Å². The number of hydrogen-bond donors (Lipinski definition) is 0. The quantitative estimate of drug-likeness (QED) is 0.299. The lowest BCUT2D eigenvalue weighted by Gasteiger charge is -2.57. The van der Waals surface area contributed by atoms with E-state index < -0.39 is 0 Å². The Balaban J connectivity index is 1.23. The van der Waals surface area contributed by atoms with Crippen molar-refractivity contribution in [1.29, 1.82) is 0 Å². The van der Waals surface area contributed by atoms with Crippen LogP contribution >= 0.6 is 0 Å². The van der Waals surface area contributed by atoms with E-state index in [0.717, 1.165) is 42.2 Å². The summed E-state index contributed by atoms with van der Waals surface area (Å²) in [7, 11) is 1.42. The van der Waals surface area contributed by atoms with Crippen molar-refractivity contribution in [3.05, 3.63) is 65.7 Å². The summed E-state index contributed by atoms with van der Waals surface area (Å²) in [6, 6.07) is 19.3. The Labute approximate surface area is 232 Å². The normalized spacial score (nSPS) is 28.1. The van der Waals surface area contributed by atoms with Crippen LogP contribution in [0.15, 0.2) is 54.6 Å². The standard InChI is InChI=1S/C35H41NO3/c1-38-34(37)28-7-5-27(6-8-28)29-9-10-30-20-33(39-14-13-36-11-3-2-4-12-36)32(19-31(30)18-29)35-21-24-15-25(22-35)17-26(16-24)23-35/h5-10,18-20,24-26H,2-4,11-17,21-23H2,1H3. The van der Waals surface area contributed by atoms with E-state index in [9.17, 15) is 4.79 Å². The molecule has 4 aliphatic carbocycles. The van der Waals surface area contributed by atoms with Gasteiger partial charge in [0.2, 0.25) is 0 Å². The molecule has 4 bridgehead atoms. The second-order valence-electron chi connectivity index (χ2n) is 12.9. The van der Waals surface area contributed by atoms with Gasteiger partial charge in [-0.2, -0.15) is 0 Å². The van der Waals surface area contributed by atoms with E-state index >= 15 is 0 Å². The first-order valence-corrected chi connectivity index (χ1v) is 15.2. The Kier molecular flexibility index (Phi) is 6.63. The van der Waals surface area contributed by atoms with E-state index in [2.05, 4.69) is 35.2 Å². The predicted molar refractivity (Wildman–Crippen MR) is 156 cm³/mol. The smallest absolute Gasteiger partial charge is 0.337 e. The molecule has 4 nitrogen and oxygen atoms in total. The van der Waals surface area contributed by atoms with Gasteiger partial charge in [0, 0.05) is 12.1 Å². The third-order valence-corrected chi connectivity index (χ3v) is 10.3. The minimum absolute atomic E-state index is 0.279. The van der Waals surface area contributed by atoms with Gasteiger partial charge in [0.15, 0.2) is 0 Å². The Morgan fingerprint density at radius 3 is 2.15 bits per heavy atom. The first-order valence-electron chi connectivity index (χ1n) is 15.2. The van der Waals surface area contributed by atoms with E-state index in [4.69, 9.17) is 9.47 Å². The van der Waals surface area contributed by atoms with E-state index in [0.29, 0.717) is 5.56 Å². The fourth-order valence-corrected chi connectivity index (χ4v) is 8.82. The van der Waals surface area contributed by atoms with Gasteiger partial charge in [0.05, 0.1) is 12.7 Å². The third-order valence-electron chi connectivity index (χ3n) is 10.3. The summed E-state index contributed by atoms with van der Waals surface area (Å²) in [6.07, 6.45) is 12.4. The fraction of sp³-hybridized carbons (Fsp3) is 0.514. The number of nitrogens with zero attached hydrogens (tertiary/aromatic N) is 1. The lowest BCUT2D eigenvalue weighted by atomic mass is 9.48. The number of hydrogen-bond acceptors (Lipinski definition) is 4. The molecule has 39 heavy (non-hydrogen) atoms. The zero-order valence-corrected chi connectivity index (χ0v) is 23.3. The molecule has 1 aliphatic heterocycles. The van der Waals surface area contributed by atoms with Crippen molar-refractivity contribution in [2.75, 3.05) is 33.4 Å². The predicted octanol–water partition coefficient (Wildman–Crippen LogP) is 7.63. The van der Waals surface area contributed by atoms with Gasteiger partial charge >= 0.3 is 5.97 Å². The van der Waals surface area contributed by atoms with Gasteiger partial charge < -0.3 is 9.47 Å². The molecule has 1 saturated heterocycles. The van der Waals surface area contributed by atoms with Gasteiger partial charge in [0.25, 0.3) is 0 Å². The van der Waals surface area contributed by atoms with Crippen molar-refractivity contribution in [3.63, 3.8) is 0 Å². The second-order valence-corrected chi connectivity index (χ2v) is 12.9. The zero-order chi connectivity index (χ0) is 26.4. The number of rotatable bonds is 7. The van der Waals surface area contributed by atoms with E-state index in [1.165, 1.54) is 99.9 Å². The third kappa shape index (κ3) is 4.86. The van der Waals surface area contributed by atoms with Crippen molar-refractivity contribution < 1.29 is 14.3 Å². The number of carbonyl (C=O) groups is 1. The van der Waals surface area contributed by atoms with Crippen LogP contribution in [-0.2, 0) is 10.2 Å². The largest absolute Gasteiger partial charge is 0.492 e. The SMILES string of the molecule is COC(=O)c1ccc(-c2ccc3cc(OCCN4CCCCC4)c(C45CC6CC(CC(C6)C4)C5)cc3c2)cc1. The molecule has 204 valence electrons. The van der Waals surface area contributed by atoms with Crippen LogP contribution in [0.1, 0.15) is 73.7 Å². The van der Waals surface area contributed by atoms with Crippen LogP contribution in [0.3, 0.4) is 0 Å². The Morgan fingerprint density at radius 1 is 0.821 bits per heavy atom. The average Bonchev–Trinajstić information content (AvgIpc) is 2.96. The molecule has 3 aromatic carbocycles. The topological polar surface area (TPSA) is 38.8 Å². The maximum Gasteiger partial charge on any atom is 0.337 e. The first kappa shape index (κ1) is 25.1. The van der Waals surface area contributed by atoms with Crippen molar-refractivity contribution in [1.82, 2.24) is 4.90 Å². The van der Waals surface area contributed by atoms with Gasteiger partial charge in [-0.3, -0.25) is 4.90 Å². The highest BCUT2D eigenvalue weighted by molar-refractivity contribution is 5.92. The van der Waals surface area contributed by atoms with Crippen LogP contribution in [0.2, 0.25) is 0 Å². The summed E-state index contributed by atoms with van der Waals surface area (Å²) in [5.41, 5.74) is 4.63. The minimum atomic E-state index is -0.298. The van der Waals surface area contributed by atoms with Crippen LogP contribution in [0.4, 0.5) is 0 Å². The van der Waals surface area contributed by atoms with Crippen LogP contribution in [0.25, 0.3) is 21.9 Å². The molecule has 5 fully saturated rings. The van der Waals surface area contributed by atoms with Gasteiger partial charge in [0.1, 0.15) is 12.4 Å². The number of likely N-dealkylation sites (tertiary alicyclic amines) is 1.